The quantitative estimate of drug-likeness (QED) is 0.797. The molecule has 0 atom stereocenters. The Hall–Kier alpha value is -1.81. The second-order valence-electron chi connectivity index (χ2n) is 3.72. The summed E-state index contributed by atoms with van der Waals surface area (Å²) in [6.07, 6.45) is 1.29. The summed E-state index contributed by atoms with van der Waals surface area (Å²) in [6, 6.07) is 5.40. The van der Waals surface area contributed by atoms with Crippen LogP contribution in [0.5, 0.6) is 0 Å². The van der Waals surface area contributed by atoms with Crippen LogP contribution in [0.3, 0.4) is 0 Å². The zero-order valence-corrected chi connectivity index (χ0v) is 10.8. The fraction of sp³-hybridized carbons (Fsp3) is 0.231. The van der Waals surface area contributed by atoms with E-state index in [9.17, 15) is 4.79 Å². The van der Waals surface area contributed by atoms with Crippen molar-refractivity contribution in [3.05, 3.63) is 40.7 Å². The van der Waals surface area contributed by atoms with Gasteiger partial charge in [0.2, 0.25) is 5.89 Å². The Morgan fingerprint density at radius 3 is 2.94 bits per heavy atom. The van der Waals surface area contributed by atoms with Gasteiger partial charge in [0.05, 0.1) is 6.61 Å². The molecule has 2 rings (SSSR count). The van der Waals surface area contributed by atoms with Crippen LogP contribution in [0.1, 0.15) is 23.0 Å². The van der Waals surface area contributed by atoms with Gasteiger partial charge in [0.25, 0.3) is 0 Å². The summed E-state index contributed by atoms with van der Waals surface area (Å²) in [7, 11) is 0. The van der Waals surface area contributed by atoms with Crippen molar-refractivity contribution in [3.8, 4) is 11.5 Å². The number of aromatic nitrogens is 1. The Bertz CT molecular complexity index is 577. The number of carbonyl (C=O) groups excluding carboxylic acids is 1. The molecule has 0 N–H and O–H groups in total. The molecule has 1 heterocycles. The van der Waals surface area contributed by atoms with Gasteiger partial charge in [0.15, 0.2) is 5.69 Å². The van der Waals surface area contributed by atoms with Crippen LogP contribution in [0.25, 0.3) is 11.5 Å². The fourth-order valence-electron chi connectivity index (χ4n) is 1.48. The molecule has 0 fully saturated rings. The molecule has 4 nitrogen and oxygen atoms in total. The standard InChI is InChI=1S/C13H12ClNO3/c1-3-17-13(16)11-7-18-12(15-11)9-4-5-10(14)8(2)6-9/h4-7H,3H2,1-2H3. The number of nitrogens with zero attached hydrogens (tertiary/aromatic N) is 1. The molecule has 0 aliphatic carbocycles. The van der Waals surface area contributed by atoms with Crippen LogP contribution in [0.15, 0.2) is 28.9 Å². The summed E-state index contributed by atoms with van der Waals surface area (Å²) in [5, 5.41) is 0.677. The van der Waals surface area contributed by atoms with Crippen molar-refractivity contribution in [1.29, 1.82) is 0 Å². The lowest BCUT2D eigenvalue weighted by Crippen LogP contribution is -2.04. The number of rotatable bonds is 3. The molecule has 0 saturated carbocycles. The normalized spacial score (nSPS) is 10.4. The number of hydrogen-bond acceptors (Lipinski definition) is 4. The molecule has 1 aromatic heterocycles. The number of aryl methyl sites for hydroxylation is 1. The first-order valence-electron chi connectivity index (χ1n) is 5.51. The number of benzene rings is 1. The average Bonchev–Trinajstić information content (AvgIpc) is 2.82. The fourth-order valence-corrected chi connectivity index (χ4v) is 1.60. The summed E-state index contributed by atoms with van der Waals surface area (Å²) >= 11 is 5.94. The number of hydrogen-bond donors (Lipinski definition) is 0. The Balaban J connectivity index is 2.29. The Morgan fingerprint density at radius 2 is 2.28 bits per heavy atom. The highest BCUT2D eigenvalue weighted by Crippen LogP contribution is 2.24. The average molecular weight is 266 g/mol. The van der Waals surface area contributed by atoms with E-state index >= 15 is 0 Å². The first kappa shape index (κ1) is 12.6. The highest BCUT2D eigenvalue weighted by Gasteiger charge is 2.14. The molecule has 0 radical (unpaired) electrons. The van der Waals surface area contributed by atoms with Crippen molar-refractivity contribution in [3.63, 3.8) is 0 Å². The van der Waals surface area contributed by atoms with E-state index in [0.29, 0.717) is 17.5 Å². The van der Waals surface area contributed by atoms with Gasteiger partial charge in [-0.15, -0.1) is 0 Å². The molecule has 0 spiro atoms. The second-order valence-corrected chi connectivity index (χ2v) is 4.13. The number of oxazole rings is 1. The largest absolute Gasteiger partial charge is 0.461 e. The van der Waals surface area contributed by atoms with Crippen LogP contribution in [-0.4, -0.2) is 17.6 Å². The number of ether oxygens (including phenoxy) is 1. The minimum Gasteiger partial charge on any atom is -0.461 e. The SMILES string of the molecule is CCOC(=O)c1coc(-c2ccc(Cl)c(C)c2)n1. The van der Waals surface area contributed by atoms with E-state index in [1.165, 1.54) is 6.26 Å². The third kappa shape index (κ3) is 2.54. The lowest BCUT2D eigenvalue weighted by Gasteiger charge is -1.99. The van der Waals surface area contributed by atoms with Crippen molar-refractivity contribution < 1.29 is 13.9 Å². The molecule has 2 aromatic rings. The molecular formula is C13H12ClNO3. The van der Waals surface area contributed by atoms with E-state index < -0.39 is 5.97 Å². The predicted molar refractivity (Wildman–Crippen MR) is 67.6 cm³/mol. The van der Waals surface area contributed by atoms with E-state index in [0.717, 1.165) is 11.1 Å². The minimum absolute atomic E-state index is 0.166. The van der Waals surface area contributed by atoms with Gasteiger partial charge in [-0.3, -0.25) is 0 Å². The lowest BCUT2D eigenvalue weighted by atomic mass is 10.1. The highest BCUT2D eigenvalue weighted by molar-refractivity contribution is 6.31. The maximum absolute atomic E-state index is 11.4. The Morgan fingerprint density at radius 1 is 1.50 bits per heavy atom. The number of carbonyl (C=O) groups is 1. The molecule has 1 aromatic carbocycles. The van der Waals surface area contributed by atoms with Gasteiger partial charge < -0.3 is 9.15 Å². The van der Waals surface area contributed by atoms with Crippen LogP contribution in [-0.2, 0) is 4.74 Å². The van der Waals surface area contributed by atoms with Crippen molar-refractivity contribution in [2.45, 2.75) is 13.8 Å². The predicted octanol–water partition coefficient (Wildman–Crippen LogP) is 3.48. The highest BCUT2D eigenvalue weighted by atomic mass is 35.5. The van der Waals surface area contributed by atoms with Crippen LogP contribution >= 0.6 is 11.6 Å². The summed E-state index contributed by atoms with van der Waals surface area (Å²) < 4.78 is 10.1. The lowest BCUT2D eigenvalue weighted by molar-refractivity contribution is 0.0519. The summed E-state index contributed by atoms with van der Waals surface area (Å²) in [5.74, 6) is -0.115. The molecule has 5 heteroatoms. The third-order valence-corrected chi connectivity index (χ3v) is 2.82. The van der Waals surface area contributed by atoms with Gasteiger partial charge in [-0.05, 0) is 37.6 Å². The van der Waals surface area contributed by atoms with E-state index in [2.05, 4.69) is 4.98 Å². The Kier molecular flexibility index (Phi) is 3.67. The van der Waals surface area contributed by atoms with E-state index in [1.54, 1.807) is 19.1 Å². The molecule has 0 bridgehead atoms. The van der Waals surface area contributed by atoms with Gasteiger partial charge in [-0.25, -0.2) is 9.78 Å². The van der Waals surface area contributed by atoms with Crippen molar-refractivity contribution in [2.75, 3.05) is 6.61 Å². The number of halogens is 1. The first-order valence-corrected chi connectivity index (χ1v) is 5.88. The monoisotopic (exact) mass is 265 g/mol. The molecule has 0 aliphatic rings. The molecule has 94 valence electrons. The van der Waals surface area contributed by atoms with E-state index in [1.807, 2.05) is 13.0 Å². The molecule has 0 aliphatic heterocycles. The zero-order chi connectivity index (χ0) is 13.1. The second kappa shape index (κ2) is 5.23. The van der Waals surface area contributed by atoms with Gasteiger partial charge in [-0.2, -0.15) is 0 Å². The van der Waals surface area contributed by atoms with Crippen LogP contribution in [0.4, 0.5) is 0 Å². The Labute approximate surface area is 110 Å². The van der Waals surface area contributed by atoms with Crippen molar-refractivity contribution in [2.24, 2.45) is 0 Å². The molecule has 0 saturated heterocycles. The zero-order valence-electron chi connectivity index (χ0n) is 10.1. The maximum Gasteiger partial charge on any atom is 0.360 e. The van der Waals surface area contributed by atoms with Gasteiger partial charge >= 0.3 is 5.97 Å². The maximum atomic E-state index is 11.4. The van der Waals surface area contributed by atoms with Crippen LogP contribution in [0, 0.1) is 6.92 Å². The van der Waals surface area contributed by atoms with Gasteiger partial charge in [0.1, 0.15) is 6.26 Å². The van der Waals surface area contributed by atoms with Crippen LogP contribution < -0.4 is 0 Å². The summed E-state index contributed by atoms with van der Waals surface area (Å²) in [6.45, 7) is 3.93. The smallest absolute Gasteiger partial charge is 0.360 e. The third-order valence-electron chi connectivity index (χ3n) is 2.39. The molecular weight excluding hydrogens is 254 g/mol. The topological polar surface area (TPSA) is 52.3 Å². The van der Waals surface area contributed by atoms with Gasteiger partial charge in [0, 0.05) is 10.6 Å². The minimum atomic E-state index is -0.488. The van der Waals surface area contributed by atoms with Crippen LogP contribution in [0.2, 0.25) is 5.02 Å². The molecule has 0 amide bonds. The van der Waals surface area contributed by atoms with E-state index in [4.69, 9.17) is 20.8 Å². The van der Waals surface area contributed by atoms with Crippen molar-refractivity contribution >= 4 is 17.6 Å². The number of esters is 1. The van der Waals surface area contributed by atoms with E-state index in [-0.39, 0.29) is 5.69 Å². The molecule has 18 heavy (non-hydrogen) atoms. The summed E-state index contributed by atoms with van der Waals surface area (Å²) in [4.78, 5) is 15.5. The summed E-state index contributed by atoms with van der Waals surface area (Å²) in [5.41, 5.74) is 1.86. The van der Waals surface area contributed by atoms with Gasteiger partial charge in [-0.1, -0.05) is 11.6 Å². The molecule has 0 unspecified atom stereocenters. The van der Waals surface area contributed by atoms with Crippen molar-refractivity contribution in [1.82, 2.24) is 4.98 Å². The first-order chi connectivity index (χ1) is 8.61.